The summed E-state index contributed by atoms with van der Waals surface area (Å²) in [6, 6.07) is 0. The lowest BCUT2D eigenvalue weighted by Gasteiger charge is -2.28. The number of nitrogens with one attached hydrogen (secondary N) is 1. The summed E-state index contributed by atoms with van der Waals surface area (Å²) < 4.78 is 30.9. The lowest BCUT2D eigenvalue weighted by molar-refractivity contribution is -0.168. The van der Waals surface area contributed by atoms with Crippen LogP contribution >= 0.6 is 11.7 Å². The molecule has 0 amide bonds. The molecule has 0 spiro atoms. The summed E-state index contributed by atoms with van der Waals surface area (Å²) in [5.41, 5.74) is -0.186. The second kappa shape index (κ2) is 12.4. The summed E-state index contributed by atoms with van der Waals surface area (Å²) >= 11 is 1.06. The van der Waals surface area contributed by atoms with Crippen LogP contribution in [0.15, 0.2) is 0 Å². The van der Waals surface area contributed by atoms with E-state index in [-0.39, 0.29) is 12.1 Å². The number of aromatic nitrogens is 2. The Labute approximate surface area is 198 Å². The third kappa shape index (κ3) is 8.95. The number of ether oxygens (including phenoxy) is 4. The van der Waals surface area contributed by atoms with E-state index >= 15 is 0 Å². The molecular formula is C21H34N4O7S. The zero-order valence-electron chi connectivity index (χ0n) is 20.1. The van der Waals surface area contributed by atoms with Gasteiger partial charge in [0, 0.05) is 32.1 Å². The van der Waals surface area contributed by atoms with Gasteiger partial charge in [-0.3, -0.25) is 9.59 Å². The van der Waals surface area contributed by atoms with E-state index in [9.17, 15) is 14.4 Å². The van der Waals surface area contributed by atoms with Crippen molar-refractivity contribution < 1.29 is 33.3 Å². The number of carbonyl (C=O) groups is 3. The van der Waals surface area contributed by atoms with Crippen molar-refractivity contribution in [3.63, 3.8) is 0 Å². The first kappa shape index (κ1) is 27.1. The van der Waals surface area contributed by atoms with Crippen LogP contribution in [0.1, 0.15) is 41.5 Å². The standard InChI is InChI=1S/C21H34N4O7S/c1-13(26)17(27)14(2)32-20(28)15(3)31-16(11-22-21(4,5)6)12-30-19-18(23-33-24-19)25-7-9-29-10-8-25/h14-16,22H,7-12H2,1-6H3. The highest BCUT2D eigenvalue weighted by atomic mass is 32.1. The van der Waals surface area contributed by atoms with Crippen LogP contribution in [-0.4, -0.2) is 89.6 Å². The summed E-state index contributed by atoms with van der Waals surface area (Å²) in [7, 11) is 0. The van der Waals surface area contributed by atoms with Crippen LogP contribution < -0.4 is 15.0 Å². The van der Waals surface area contributed by atoms with Crippen LogP contribution in [0.2, 0.25) is 0 Å². The van der Waals surface area contributed by atoms with Crippen molar-refractivity contribution in [1.82, 2.24) is 14.1 Å². The van der Waals surface area contributed by atoms with Gasteiger partial charge in [0.2, 0.25) is 11.6 Å². The van der Waals surface area contributed by atoms with Crippen LogP contribution in [0.25, 0.3) is 0 Å². The number of Topliss-reactive ketones (excluding diaryl/α,β-unsaturated/α-hetero) is 2. The van der Waals surface area contributed by atoms with E-state index < -0.39 is 35.8 Å². The largest absolute Gasteiger partial charge is 0.472 e. The minimum absolute atomic E-state index is 0.116. The van der Waals surface area contributed by atoms with Crippen LogP contribution in [0.3, 0.4) is 0 Å². The number of esters is 1. The Kier molecular flexibility index (Phi) is 10.1. The van der Waals surface area contributed by atoms with Crippen molar-refractivity contribution in [3.05, 3.63) is 0 Å². The van der Waals surface area contributed by atoms with Crippen molar-refractivity contribution in [2.24, 2.45) is 0 Å². The monoisotopic (exact) mass is 486 g/mol. The molecule has 3 unspecified atom stereocenters. The molecule has 1 aliphatic heterocycles. The van der Waals surface area contributed by atoms with Crippen molar-refractivity contribution in [3.8, 4) is 5.88 Å². The molecule has 11 nitrogen and oxygen atoms in total. The number of rotatable bonds is 12. The molecule has 1 fully saturated rings. The first-order valence-corrected chi connectivity index (χ1v) is 11.6. The van der Waals surface area contributed by atoms with Crippen LogP contribution in [0.4, 0.5) is 5.82 Å². The highest BCUT2D eigenvalue weighted by Crippen LogP contribution is 2.26. The van der Waals surface area contributed by atoms with Gasteiger partial charge in [0.05, 0.1) is 24.9 Å². The quantitative estimate of drug-likeness (QED) is 0.335. The normalized spacial score (nSPS) is 17.2. The molecule has 186 valence electrons. The molecule has 0 saturated carbocycles. The number of nitrogens with zero attached hydrogens (tertiary/aromatic N) is 3. The minimum atomic E-state index is -1.17. The predicted molar refractivity (Wildman–Crippen MR) is 122 cm³/mol. The van der Waals surface area contributed by atoms with Gasteiger partial charge in [0.25, 0.3) is 5.88 Å². The van der Waals surface area contributed by atoms with Crippen LogP contribution in [0.5, 0.6) is 5.88 Å². The van der Waals surface area contributed by atoms with Crippen LogP contribution in [0, 0.1) is 0 Å². The second-order valence-corrected chi connectivity index (χ2v) is 9.36. The van der Waals surface area contributed by atoms with Gasteiger partial charge in [0.15, 0.2) is 18.0 Å². The van der Waals surface area contributed by atoms with E-state index in [1.54, 1.807) is 0 Å². The lowest BCUT2D eigenvalue weighted by atomic mass is 10.1. The number of carbonyl (C=O) groups excluding carboxylic acids is 3. The van der Waals surface area contributed by atoms with Crippen molar-refractivity contribution >= 4 is 35.1 Å². The van der Waals surface area contributed by atoms with Gasteiger partial charge < -0.3 is 29.2 Å². The number of ketones is 2. The van der Waals surface area contributed by atoms with Crippen molar-refractivity contribution in [2.75, 3.05) is 44.4 Å². The molecule has 1 saturated heterocycles. The molecule has 12 heteroatoms. The summed E-state index contributed by atoms with van der Waals surface area (Å²) in [5.74, 6) is -1.10. The van der Waals surface area contributed by atoms with E-state index in [2.05, 4.69) is 19.0 Å². The minimum Gasteiger partial charge on any atom is -0.472 e. The molecule has 1 aromatic heterocycles. The zero-order valence-corrected chi connectivity index (χ0v) is 20.9. The zero-order chi connectivity index (χ0) is 24.6. The molecular weight excluding hydrogens is 452 g/mol. The van der Waals surface area contributed by atoms with E-state index in [4.69, 9.17) is 18.9 Å². The second-order valence-electron chi connectivity index (χ2n) is 8.83. The topological polar surface area (TPSA) is 129 Å². The summed E-state index contributed by atoms with van der Waals surface area (Å²) in [5, 5.41) is 3.33. The SMILES string of the molecule is CC(=O)C(=O)C(C)OC(=O)C(C)OC(CNC(C)(C)C)COc1nsnc1N1CCOCC1. The maximum absolute atomic E-state index is 12.4. The number of hydrogen-bond acceptors (Lipinski definition) is 12. The number of anilines is 1. The highest BCUT2D eigenvalue weighted by Gasteiger charge is 2.28. The van der Waals surface area contributed by atoms with E-state index in [0.29, 0.717) is 44.5 Å². The molecule has 2 heterocycles. The average Bonchev–Trinajstić information content (AvgIpc) is 3.23. The Morgan fingerprint density at radius 2 is 1.82 bits per heavy atom. The maximum atomic E-state index is 12.4. The number of morpholine rings is 1. The lowest BCUT2D eigenvalue weighted by Crippen LogP contribution is -2.45. The Hall–Kier alpha value is -2.15. The predicted octanol–water partition coefficient (Wildman–Crippen LogP) is 1.01. The smallest absolute Gasteiger partial charge is 0.335 e. The Bertz CT molecular complexity index is 805. The van der Waals surface area contributed by atoms with Gasteiger partial charge in [-0.15, -0.1) is 4.37 Å². The molecule has 1 aliphatic rings. The third-order valence-electron chi connectivity index (χ3n) is 4.76. The number of hydrogen-bond donors (Lipinski definition) is 1. The molecule has 2 rings (SSSR count). The highest BCUT2D eigenvalue weighted by molar-refractivity contribution is 6.99. The molecule has 0 aliphatic carbocycles. The maximum Gasteiger partial charge on any atom is 0.335 e. The van der Waals surface area contributed by atoms with E-state index in [0.717, 1.165) is 18.7 Å². The van der Waals surface area contributed by atoms with Gasteiger partial charge in [-0.1, -0.05) is 0 Å². The van der Waals surface area contributed by atoms with Gasteiger partial charge in [-0.25, -0.2) is 4.79 Å². The first-order chi connectivity index (χ1) is 15.5. The third-order valence-corrected chi connectivity index (χ3v) is 5.26. The fourth-order valence-corrected chi connectivity index (χ4v) is 3.45. The fraction of sp³-hybridized carbons (Fsp3) is 0.762. The van der Waals surface area contributed by atoms with Gasteiger partial charge in [0.1, 0.15) is 12.7 Å². The van der Waals surface area contributed by atoms with Gasteiger partial charge in [-0.05, 0) is 34.6 Å². The molecule has 1 N–H and O–H groups in total. The Balaban J connectivity index is 1.99. The first-order valence-electron chi connectivity index (χ1n) is 10.9. The summed E-state index contributed by atoms with van der Waals surface area (Å²) in [6.07, 6.45) is -2.67. The Morgan fingerprint density at radius 1 is 1.15 bits per heavy atom. The average molecular weight is 487 g/mol. The van der Waals surface area contributed by atoms with Gasteiger partial charge in [-0.2, -0.15) is 4.37 Å². The van der Waals surface area contributed by atoms with E-state index in [1.807, 2.05) is 20.8 Å². The molecule has 33 heavy (non-hydrogen) atoms. The fourth-order valence-electron chi connectivity index (χ4n) is 2.93. The molecule has 0 radical (unpaired) electrons. The van der Waals surface area contributed by atoms with Crippen LogP contribution in [-0.2, 0) is 28.6 Å². The molecule has 0 bridgehead atoms. The molecule has 1 aromatic rings. The van der Waals surface area contributed by atoms with E-state index in [1.165, 1.54) is 13.8 Å². The van der Waals surface area contributed by atoms with Crippen molar-refractivity contribution in [2.45, 2.75) is 65.4 Å². The Morgan fingerprint density at radius 3 is 2.42 bits per heavy atom. The molecule has 0 aromatic carbocycles. The van der Waals surface area contributed by atoms with Gasteiger partial charge >= 0.3 is 5.97 Å². The summed E-state index contributed by atoms with van der Waals surface area (Å²) in [6.45, 7) is 13.2. The summed E-state index contributed by atoms with van der Waals surface area (Å²) in [4.78, 5) is 37.4. The molecule has 3 atom stereocenters. The van der Waals surface area contributed by atoms with Crippen molar-refractivity contribution in [1.29, 1.82) is 0 Å².